The van der Waals surface area contributed by atoms with Crippen LogP contribution in [0, 0.1) is 12.3 Å². The number of aromatic nitrogens is 3. The van der Waals surface area contributed by atoms with Crippen molar-refractivity contribution in [3.8, 4) is 11.6 Å². The van der Waals surface area contributed by atoms with Gasteiger partial charge in [-0.2, -0.15) is 0 Å². The van der Waals surface area contributed by atoms with Crippen molar-refractivity contribution in [1.29, 1.82) is 5.41 Å². The van der Waals surface area contributed by atoms with Crippen LogP contribution >= 0.6 is 0 Å². The Kier molecular flexibility index (Phi) is 3.70. The first-order chi connectivity index (χ1) is 9.10. The molecule has 98 valence electrons. The lowest BCUT2D eigenvalue weighted by atomic mass is 10.2. The van der Waals surface area contributed by atoms with Gasteiger partial charge in [0.2, 0.25) is 5.88 Å². The van der Waals surface area contributed by atoms with E-state index in [9.17, 15) is 0 Å². The highest BCUT2D eigenvalue weighted by atomic mass is 16.5. The summed E-state index contributed by atoms with van der Waals surface area (Å²) in [4.78, 5) is 12.5. The maximum Gasteiger partial charge on any atom is 0.237 e. The minimum atomic E-state index is -0.120. The fourth-order valence-corrected chi connectivity index (χ4v) is 1.56. The van der Waals surface area contributed by atoms with Crippen LogP contribution in [-0.2, 0) is 6.42 Å². The Hall–Kier alpha value is -2.50. The summed E-state index contributed by atoms with van der Waals surface area (Å²) in [6.07, 6.45) is 3.62. The van der Waals surface area contributed by atoms with E-state index >= 15 is 0 Å². The lowest BCUT2D eigenvalue weighted by molar-refractivity contribution is 0.451. The summed E-state index contributed by atoms with van der Waals surface area (Å²) in [7, 11) is 0. The molecule has 0 amide bonds. The van der Waals surface area contributed by atoms with E-state index in [2.05, 4.69) is 15.0 Å². The molecule has 0 atom stereocenters. The Morgan fingerprint density at radius 3 is 2.68 bits per heavy atom. The van der Waals surface area contributed by atoms with Gasteiger partial charge < -0.3 is 10.5 Å². The van der Waals surface area contributed by atoms with E-state index in [1.54, 1.807) is 0 Å². The van der Waals surface area contributed by atoms with Crippen LogP contribution in [0.1, 0.15) is 24.0 Å². The van der Waals surface area contributed by atoms with E-state index in [0.29, 0.717) is 17.3 Å². The first-order valence-electron chi connectivity index (χ1n) is 5.91. The third kappa shape index (κ3) is 3.04. The van der Waals surface area contributed by atoms with Crippen molar-refractivity contribution >= 4 is 5.84 Å². The number of rotatable bonds is 4. The molecule has 2 heterocycles. The average Bonchev–Trinajstić information content (AvgIpc) is 2.41. The summed E-state index contributed by atoms with van der Waals surface area (Å²) in [5, 5.41) is 7.24. The van der Waals surface area contributed by atoms with Crippen molar-refractivity contribution in [2.24, 2.45) is 5.73 Å². The van der Waals surface area contributed by atoms with Crippen LogP contribution in [0.15, 0.2) is 24.5 Å². The Labute approximate surface area is 111 Å². The highest BCUT2D eigenvalue weighted by Crippen LogP contribution is 2.22. The molecule has 6 nitrogen and oxygen atoms in total. The van der Waals surface area contributed by atoms with Crippen LogP contribution < -0.4 is 10.5 Å². The molecule has 0 aliphatic carbocycles. The first kappa shape index (κ1) is 12.9. The van der Waals surface area contributed by atoms with Gasteiger partial charge in [-0.15, -0.1) is 0 Å². The highest BCUT2D eigenvalue weighted by Gasteiger charge is 2.07. The molecule has 3 N–H and O–H groups in total. The van der Waals surface area contributed by atoms with E-state index in [4.69, 9.17) is 15.9 Å². The molecule has 0 fully saturated rings. The summed E-state index contributed by atoms with van der Waals surface area (Å²) in [6, 6.07) is 3.74. The predicted octanol–water partition coefficient (Wildman–Crippen LogP) is 1.82. The number of aryl methyl sites for hydroxylation is 2. The zero-order valence-electron chi connectivity index (χ0n) is 10.8. The zero-order valence-corrected chi connectivity index (χ0v) is 10.8. The molecule has 0 radical (unpaired) electrons. The number of pyridine rings is 1. The summed E-state index contributed by atoms with van der Waals surface area (Å²) in [5.41, 5.74) is 7.45. The number of hydrogen-bond acceptors (Lipinski definition) is 5. The monoisotopic (exact) mass is 257 g/mol. The number of nitrogen functional groups attached to an aromatic ring is 1. The lowest BCUT2D eigenvalue weighted by Crippen LogP contribution is -2.13. The Bertz CT molecular complexity index is 594. The molecule has 0 aliphatic rings. The Morgan fingerprint density at radius 2 is 2.11 bits per heavy atom. The third-order valence-electron chi connectivity index (χ3n) is 2.53. The van der Waals surface area contributed by atoms with Gasteiger partial charge in [-0.1, -0.05) is 6.92 Å². The molecule has 0 unspecified atom stereocenters. The molecule has 2 rings (SSSR count). The van der Waals surface area contributed by atoms with E-state index in [1.807, 2.05) is 26.0 Å². The molecule has 6 heteroatoms. The van der Waals surface area contributed by atoms with Gasteiger partial charge in [0.25, 0.3) is 0 Å². The molecule has 0 aromatic carbocycles. The second-order valence-electron chi connectivity index (χ2n) is 4.01. The van der Waals surface area contributed by atoms with Crippen molar-refractivity contribution in [3.05, 3.63) is 41.6 Å². The van der Waals surface area contributed by atoms with Crippen LogP contribution in [0.5, 0.6) is 11.6 Å². The molecule has 0 saturated heterocycles. The number of amidine groups is 1. The van der Waals surface area contributed by atoms with E-state index in [-0.39, 0.29) is 5.84 Å². The Balaban J connectivity index is 2.23. The number of nitrogens with one attached hydrogen (secondary N) is 1. The number of nitrogens with zero attached hydrogens (tertiary/aromatic N) is 3. The maximum atomic E-state index is 7.24. The molecule has 19 heavy (non-hydrogen) atoms. The van der Waals surface area contributed by atoms with Crippen molar-refractivity contribution in [1.82, 2.24) is 15.0 Å². The summed E-state index contributed by atoms with van der Waals surface area (Å²) < 4.78 is 5.64. The third-order valence-corrected chi connectivity index (χ3v) is 2.53. The molecule has 0 bridgehead atoms. The van der Waals surface area contributed by atoms with Crippen LogP contribution in [0.4, 0.5) is 0 Å². The Morgan fingerprint density at radius 1 is 1.32 bits per heavy atom. The van der Waals surface area contributed by atoms with Crippen LogP contribution in [-0.4, -0.2) is 20.8 Å². The standard InChI is InChI=1S/C13H15N5O/c1-3-9-11(5-4-8(2)18-9)19-12-7-16-10(6-17-12)13(14)15/h4-7H,3H2,1-2H3,(H3,14,15). The summed E-state index contributed by atoms with van der Waals surface area (Å²) in [5.74, 6) is 0.897. The second-order valence-corrected chi connectivity index (χ2v) is 4.01. The van der Waals surface area contributed by atoms with E-state index in [0.717, 1.165) is 17.8 Å². The average molecular weight is 257 g/mol. The predicted molar refractivity (Wildman–Crippen MR) is 71.5 cm³/mol. The van der Waals surface area contributed by atoms with Crippen molar-refractivity contribution < 1.29 is 4.74 Å². The quantitative estimate of drug-likeness (QED) is 0.643. The van der Waals surface area contributed by atoms with Crippen LogP contribution in [0.3, 0.4) is 0 Å². The number of hydrogen-bond donors (Lipinski definition) is 2. The molecule has 0 saturated carbocycles. The minimum Gasteiger partial charge on any atom is -0.436 e. The fraction of sp³-hybridized carbons (Fsp3) is 0.231. The fourth-order valence-electron chi connectivity index (χ4n) is 1.56. The van der Waals surface area contributed by atoms with Gasteiger partial charge in [0.1, 0.15) is 11.5 Å². The van der Waals surface area contributed by atoms with Gasteiger partial charge in [0.15, 0.2) is 5.75 Å². The van der Waals surface area contributed by atoms with Crippen LogP contribution in [0.2, 0.25) is 0 Å². The number of nitrogens with two attached hydrogens (primary N) is 1. The lowest BCUT2D eigenvalue weighted by Gasteiger charge is -2.09. The zero-order chi connectivity index (χ0) is 13.8. The second kappa shape index (κ2) is 5.43. The van der Waals surface area contributed by atoms with E-state index < -0.39 is 0 Å². The van der Waals surface area contributed by atoms with Crippen molar-refractivity contribution in [2.45, 2.75) is 20.3 Å². The molecule has 0 aliphatic heterocycles. The van der Waals surface area contributed by atoms with Crippen molar-refractivity contribution in [2.75, 3.05) is 0 Å². The van der Waals surface area contributed by atoms with Crippen LogP contribution in [0.25, 0.3) is 0 Å². The first-order valence-corrected chi connectivity index (χ1v) is 5.91. The van der Waals surface area contributed by atoms with Gasteiger partial charge in [-0.3, -0.25) is 10.4 Å². The van der Waals surface area contributed by atoms with Gasteiger partial charge in [-0.25, -0.2) is 9.97 Å². The maximum absolute atomic E-state index is 7.24. The summed E-state index contributed by atoms with van der Waals surface area (Å²) in [6.45, 7) is 3.95. The topological polar surface area (TPSA) is 97.8 Å². The van der Waals surface area contributed by atoms with E-state index in [1.165, 1.54) is 12.4 Å². The van der Waals surface area contributed by atoms with Gasteiger partial charge in [0, 0.05) is 5.69 Å². The smallest absolute Gasteiger partial charge is 0.237 e. The summed E-state index contributed by atoms with van der Waals surface area (Å²) >= 11 is 0. The highest BCUT2D eigenvalue weighted by molar-refractivity contribution is 5.92. The minimum absolute atomic E-state index is 0.120. The molecular formula is C13H15N5O. The van der Waals surface area contributed by atoms with Gasteiger partial charge in [0.05, 0.1) is 18.1 Å². The normalized spacial score (nSPS) is 10.2. The molecule has 2 aromatic heterocycles. The largest absolute Gasteiger partial charge is 0.436 e. The molecule has 2 aromatic rings. The SMILES string of the molecule is CCc1nc(C)ccc1Oc1cnc(C(=N)N)cn1. The van der Waals surface area contributed by atoms with Crippen molar-refractivity contribution in [3.63, 3.8) is 0 Å². The van der Waals surface area contributed by atoms with Gasteiger partial charge >= 0.3 is 0 Å². The number of ether oxygens (including phenoxy) is 1. The molecule has 0 spiro atoms. The van der Waals surface area contributed by atoms with Gasteiger partial charge in [-0.05, 0) is 25.5 Å². The molecular weight excluding hydrogens is 242 g/mol.